The molecule has 0 aromatic rings. The molecule has 0 aliphatic heterocycles. The average Bonchev–Trinajstić information content (AvgIpc) is 2.91. The largest absolute Gasteiger partial charge is 0.385 e. The maximum absolute atomic E-state index is 5.32. The van der Waals surface area contributed by atoms with Crippen LogP contribution in [0.2, 0.25) is 0 Å². The van der Waals surface area contributed by atoms with Crippen LogP contribution in [0.25, 0.3) is 0 Å². The Bertz CT molecular complexity index is 432. The lowest BCUT2D eigenvalue weighted by Gasteiger charge is -2.56. The van der Waals surface area contributed by atoms with Crippen molar-refractivity contribution < 1.29 is 4.74 Å². The minimum absolute atomic E-state index is 0.670. The number of ether oxygens (including phenoxy) is 1. The van der Waals surface area contributed by atoms with Gasteiger partial charge in [-0.1, -0.05) is 20.3 Å². The standard InChI is InChI=1S/C23H40O/c1-16-6-9-19-17(15-16)7-10-21-20(19)12-13-23(2)18(5-4-14-24-3)8-11-22(21)23/h16-22H,4-15H2,1-3H3/t16?,17-,18?,19+,20?,21?,22?,23?/m1/s1. The van der Waals surface area contributed by atoms with Crippen molar-refractivity contribution in [2.45, 2.75) is 84.5 Å². The Labute approximate surface area is 150 Å². The highest BCUT2D eigenvalue weighted by molar-refractivity contribution is 5.05. The van der Waals surface area contributed by atoms with Gasteiger partial charge < -0.3 is 4.74 Å². The molecule has 0 heterocycles. The van der Waals surface area contributed by atoms with Gasteiger partial charge in [0.1, 0.15) is 0 Å². The minimum Gasteiger partial charge on any atom is -0.385 e. The first-order chi connectivity index (χ1) is 11.6. The van der Waals surface area contributed by atoms with Gasteiger partial charge in [-0.2, -0.15) is 0 Å². The molecular weight excluding hydrogens is 292 g/mol. The Morgan fingerprint density at radius 3 is 2.58 bits per heavy atom. The predicted molar refractivity (Wildman–Crippen MR) is 101 cm³/mol. The van der Waals surface area contributed by atoms with Crippen molar-refractivity contribution in [3.8, 4) is 0 Å². The van der Waals surface area contributed by atoms with Crippen molar-refractivity contribution in [1.29, 1.82) is 0 Å². The molecule has 8 atom stereocenters. The molecule has 1 nitrogen and oxygen atoms in total. The molecule has 0 aromatic carbocycles. The van der Waals surface area contributed by atoms with Crippen LogP contribution in [0.4, 0.5) is 0 Å². The maximum Gasteiger partial charge on any atom is 0.0462 e. The third kappa shape index (κ3) is 2.87. The van der Waals surface area contributed by atoms with E-state index in [2.05, 4.69) is 13.8 Å². The summed E-state index contributed by atoms with van der Waals surface area (Å²) in [7, 11) is 1.86. The highest BCUT2D eigenvalue weighted by Crippen LogP contribution is 2.65. The Balaban J connectivity index is 1.45. The fourth-order valence-electron chi connectivity index (χ4n) is 8.14. The molecule has 4 aliphatic carbocycles. The van der Waals surface area contributed by atoms with E-state index in [4.69, 9.17) is 4.74 Å². The highest BCUT2D eigenvalue weighted by Gasteiger charge is 2.56. The summed E-state index contributed by atoms with van der Waals surface area (Å²) in [4.78, 5) is 0. The molecule has 138 valence electrons. The molecule has 4 saturated carbocycles. The molecule has 0 amide bonds. The van der Waals surface area contributed by atoms with Crippen molar-refractivity contribution in [2.75, 3.05) is 13.7 Å². The summed E-state index contributed by atoms with van der Waals surface area (Å²) in [6.45, 7) is 6.15. The summed E-state index contributed by atoms with van der Waals surface area (Å²) in [5.74, 6) is 7.45. The lowest BCUT2D eigenvalue weighted by atomic mass is 9.49. The smallest absolute Gasteiger partial charge is 0.0462 e. The van der Waals surface area contributed by atoms with E-state index >= 15 is 0 Å². The Hall–Kier alpha value is -0.0400. The highest BCUT2D eigenvalue weighted by atomic mass is 16.5. The molecule has 4 fully saturated rings. The van der Waals surface area contributed by atoms with Crippen LogP contribution in [0.5, 0.6) is 0 Å². The molecule has 0 N–H and O–H groups in total. The first kappa shape index (κ1) is 17.4. The van der Waals surface area contributed by atoms with Gasteiger partial charge in [0.05, 0.1) is 0 Å². The van der Waals surface area contributed by atoms with Crippen molar-refractivity contribution >= 4 is 0 Å². The lowest BCUT2D eigenvalue weighted by Crippen LogP contribution is -2.48. The summed E-state index contributed by atoms with van der Waals surface area (Å²) >= 11 is 0. The van der Waals surface area contributed by atoms with Gasteiger partial charge in [-0.05, 0) is 111 Å². The van der Waals surface area contributed by atoms with E-state index in [1.807, 2.05) is 7.11 Å². The van der Waals surface area contributed by atoms with Gasteiger partial charge in [-0.15, -0.1) is 0 Å². The number of rotatable bonds is 4. The van der Waals surface area contributed by atoms with Crippen molar-refractivity contribution in [1.82, 2.24) is 0 Å². The van der Waals surface area contributed by atoms with Crippen LogP contribution in [0, 0.1) is 46.8 Å². The van der Waals surface area contributed by atoms with Gasteiger partial charge in [0.15, 0.2) is 0 Å². The first-order valence-corrected chi connectivity index (χ1v) is 11.1. The van der Waals surface area contributed by atoms with Crippen molar-refractivity contribution in [2.24, 2.45) is 46.8 Å². The van der Waals surface area contributed by atoms with Crippen LogP contribution in [-0.2, 0) is 4.74 Å². The van der Waals surface area contributed by atoms with Crippen molar-refractivity contribution in [3.05, 3.63) is 0 Å². The van der Waals surface area contributed by atoms with E-state index < -0.39 is 0 Å². The van der Waals surface area contributed by atoms with Crippen LogP contribution in [-0.4, -0.2) is 13.7 Å². The number of hydrogen-bond donors (Lipinski definition) is 0. The maximum atomic E-state index is 5.32. The topological polar surface area (TPSA) is 9.23 Å². The van der Waals surface area contributed by atoms with E-state index in [9.17, 15) is 0 Å². The Kier molecular flexibility index (Phi) is 5.02. The van der Waals surface area contributed by atoms with Gasteiger partial charge in [-0.3, -0.25) is 0 Å². The second kappa shape index (κ2) is 6.93. The summed E-state index contributed by atoms with van der Waals surface area (Å²) in [6, 6.07) is 0. The molecule has 6 unspecified atom stereocenters. The van der Waals surface area contributed by atoms with Crippen LogP contribution < -0.4 is 0 Å². The minimum atomic E-state index is 0.670. The first-order valence-electron chi connectivity index (χ1n) is 11.1. The summed E-state index contributed by atoms with van der Waals surface area (Å²) in [5, 5.41) is 0. The molecule has 0 bridgehead atoms. The molecule has 24 heavy (non-hydrogen) atoms. The molecular formula is C23H40O. The molecule has 0 saturated heterocycles. The van der Waals surface area contributed by atoms with E-state index in [-0.39, 0.29) is 0 Å². The zero-order valence-corrected chi connectivity index (χ0v) is 16.4. The molecule has 0 aromatic heterocycles. The Morgan fingerprint density at radius 1 is 0.917 bits per heavy atom. The van der Waals surface area contributed by atoms with E-state index in [1.165, 1.54) is 32.1 Å². The van der Waals surface area contributed by atoms with Gasteiger partial charge in [-0.25, -0.2) is 0 Å². The quantitative estimate of drug-likeness (QED) is 0.547. The normalized spacial score (nSPS) is 50.9. The third-order valence-corrected chi connectivity index (χ3v) is 9.31. The third-order valence-electron chi connectivity index (χ3n) is 9.31. The summed E-state index contributed by atoms with van der Waals surface area (Å²) in [6.07, 6.45) is 16.6. The number of methoxy groups -OCH3 is 1. The number of hydrogen-bond acceptors (Lipinski definition) is 1. The van der Waals surface area contributed by atoms with Gasteiger partial charge in [0.25, 0.3) is 0 Å². The molecule has 1 heteroatoms. The molecule has 4 rings (SSSR count). The second-order valence-corrected chi connectivity index (χ2v) is 10.3. The SMILES string of the molecule is COCCCC1CCC2C3CC[C@@H]4CC(C)CC[C@@H]4C3CCC12C. The molecule has 4 aliphatic rings. The van der Waals surface area contributed by atoms with Crippen LogP contribution in [0.3, 0.4) is 0 Å². The van der Waals surface area contributed by atoms with Gasteiger partial charge in [0, 0.05) is 13.7 Å². The van der Waals surface area contributed by atoms with Gasteiger partial charge in [0.2, 0.25) is 0 Å². The van der Waals surface area contributed by atoms with Crippen LogP contribution in [0.15, 0.2) is 0 Å². The average molecular weight is 333 g/mol. The molecule has 0 radical (unpaired) electrons. The summed E-state index contributed by atoms with van der Waals surface area (Å²) < 4.78 is 5.32. The fourth-order valence-corrected chi connectivity index (χ4v) is 8.14. The van der Waals surface area contributed by atoms with E-state index in [0.29, 0.717) is 5.41 Å². The zero-order valence-electron chi connectivity index (χ0n) is 16.4. The zero-order chi connectivity index (χ0) is 16.7. The van der Waals surface area contributed by atoms with Crippen LogP contribution in [0.1, 0.15) is 84.5 Å². The Morgan fingerprint density at radius 2 is 1.75 bits per heavy atom. The fraction of sp³-hybridized carbons (Fsp3) is 1.00. The summed E-state index contributed by atoms with van der Waals surface area (Å²) in [5.41, 5.74) is 0.670. The lowest BCUT2D eigenvalue weighted by molar-refractivity contribution is -0.0683. The van der Waals surface area contributed by atoms with Crippen molar-refractivity contribution in [3.63, 3.8) is 0 Å². The van der Waals surface area contributed by atoms with Gasteiger partial charge >= 0.3 is 0 Å². The predicted octanol–water partition coefficient (Wildman–Crippen LogP) is 6.32. The monoisotopic (exact) mass is 332 g/mol. The second-order valence-electron chi connectivity index (χ2n) is 10.3. The van der Waals surface area contributed by atoms with E-state index in [0.717, 1.165) is 48.0 Å². The van der Waals surface area contributed by atoms with E-state index in [1.54, 1.807) is 38.5 Å². The molecule has 0 spiro atoms. The number of fused-ring (bicyclic) bond motifs is 5. The van der Waals surface area contributed by atoms with Crippen LogP contribution >= 0.6 is 0 Å².